The zero-order valence-electron chi connectivity index (χ0n) is 7.98. The summed E-state index contributed by atoms with van der Waals surface area (Å²) in [7, 11) is 0. The van der Waals surface area contributed by atoms with E-state index in [1.54, 1.807) is 9.80 Å². The van der Waals surface area contributed by atoms with E-state index in [0.717, 1.165) is 0 Å². The van der Waals surface area contributed by atoms with Gasteiger partial charge in [0.15, 0.2) is 0 Å². The number of nitrogens with zero attached hydrogens (tertiary/aromatic N) is 2. The van der Waals surface area contributed by atoms with Gasteiger partial charge in [-0.05, 0) is 0 Å². The van der Waals surface area contributed by atoms with Gasteiger partial charge in [-0.15, -0.1) is 0 Å². The van der Waals surface area contributed by atoms with Crippen LogP contribution in [0.1, 0.15) is 0 Å². The Balaban J connectivity index is 2.38. The molecule has 0 atom stereocenters. The summed E-state index contributed by atoms with van der Waals surface area (Å²) in [5.41, 5.74) is 5.21. The molecule has 1 aliphatic heterocycles. The fourth-order valence-corrected chi connectivity index (χ4v) is 1.43. The van der Waals surface area contributed by atoms with E-state index in [4.69, 9.17) is 10.8 Å². The van der Waals surface area contributed by atoms with Crippen molar-refractivity contribution in [1.29, 1.82) is 0 Å². The third kappa shape index (κ3) is 2.43. The van der Waals surface area contributed by atoms with Crippen LogP contribution >= 0.6 is 0 Å². The number of rotatable bonds is 2. The van der Waals surface area contributed by atoms with Crippen LogP contribution in [0.4, 0.5) is 0 Å². The Labute approximate surface area is 82.3 Å². The maximum absolute atomic E-state index is 11.2. The number of aliphatic hydroxyl groups excluding tert-OH is 1. The second-order valence-corrected chi connectivity index (χ2v) is 3.12. The lowest BCUT2D eigenvalue weighted by Gasteiger charge is -2.34. The Kier molecular flexibility index (Phi) is 3.84. The monoisotopic (exact) mass is 201 g/mol. The van der Waals surface area contributed by atoms with Crippen molar-refractivity contribution >= 4 is 11.8 Å². The summed E-state index contributed by atoms with van der Waals surface area (Å²) in [5.74, 6) is -0.383. The van der Waals surface area contributed by atoms with Crippen LogP contribution in [0.3, 0.4) is 0 Å². The molecule has 0 bridgehead atoms. The van der Waals surface area contributed by atoms with Crippen molar-refractivity contribution in [2.45, 2.75) is 0 Å². The van der Waals surface area contributed by atoms with E-state index in [1.807, 2.05) is 0 Å². The number of amides is 2. The Hall–Kier alpha value is -1.14. The Morgan fingerprint density at radius 2 is 1.50 bits per heavy atom. The van der Waals surface area contributed by atoms with Crippen LogP contribution in [0.5, 0.6) is 0 Å². The summed E-state index contributed by atoms with van der Waals surface area (Å²) >= 11 is 0. The summed E-state index contributed by atoms with van der Waals surface area (Å²) in [6.45, 7) is 1.50. The zero-order chi connectivity index (χ0) is 10.6. The Morgan fingerprint density at radius 1 is 1.07 bits per heavy atom. The van der Waals surface area contributed by atoms with Crippen LogP contribution in [0, 0.1) is 0 Å². The van der Waals surface area contributed by atoms with E-state index in [-0.39, 0.29) is 18.4 Å². The molecular formula is C8H15N3O3. The third-order valence-electron chi connectivity index (χ3n) is 2.29. The molecule has 6 heteroatoms. The summed E-state index contributed by atoms with van der Waals surface area (Å²) < 4.78 is 0. The number of aliphatic hydroxyl groups is 1. The molecule has 0 radical (unpaired) electrons. The lowest BCUT2D eigenvalue weighted by atomic mass is 10.3. The van der Waals surface area contributed by atoms with E-state index in [0.29, 0.717) is 26.2 Å². The Morgan fingerprint density at radius 3 is 1.86 bits per heavy atom. The largest absolute Gasteiger partial charge is 0.387 e. The van der Waals surface area contributed by atoms with E-state index in [1.165, 1.54) is 0 Å². The topological polar surface area (TPSA) is 86.9 Å². The fourth-order valence-electron chi connectivity index (χ4n) is 1.43. The van der Waals surface area contributed by atoms with Gasteiger partial charge in [0.05, 0.1) is 6.54 Å². The maximum atomic E-state index is 11.2. The van der Waals surface area contributed by atoms with Crippen LogP contribution in [-0.4, -0.2) is 66.1 Å². The first-order valence-electron chi connectivity index (χ1n) is 4.55. The molecule has 0 spiro atoms. The standard InChI is InChI=1S/C8H15N3O3/c9-5-7(13)10-1-3-11(4-2-10)8(14)6-12/h12H,1-6,9H2. The highest BCUT2D eigenvalue weighted by atomic mass is 16.3. The van der Waals surface area contributed by atoms with E-state index < -0.39 is 6.61 Å². The van der Waals surface area contributed by atoms with Gasteiger partial charge >= 0.3 is 0 Å². The molecule has 0 aromatic heterocycles. The summed E-state index contributed by atoms with van der Waals surface area (Å²) in [6.07, 6.45) is 0. The molecule has 0 aromatic carbocycles. The van der Waals surface area contributed by atoms with Gasteiger partial charge in [0.25, 0.3) is 0 Å². The van der Waals surface area contributed by atoms with Crippen molar-refractivity contribution < 1.29 is 14.7 Å². The van der Waals surface area contributed by atoms with Crippen molar-refractivity contribution in [3.05, 3.63) is 0 Å². The highest BCUT2D eigenvalue weighted by Crippen LogP contribution is 2.01. The summed E-state index contributed by atoms with van der Waals surface area (Å²) in [4.78, 5) is 25.4. The molecule has 3 N–H and O–H groups in total. The van der Waals surface area contributed by atoms with Gasteiger partial charge in [0, 0.05) is 26.2 Å². The van der Waals surface area contributed by atoms with E-state index >= 15 is 0 Å². The molecule has 1 heterocycles. The van der Waals surface area contributed by atoms with Crippen molar-refractivity contribution in [3.8, 4) is 0 Å². The quantitative estimate of drug-likeness (QED) is 0.522. The number of piperazine rings is 1. The number of hydrogen-bond donors (Lipinski definition) is 2. The van der Waals surface area contributed by atoms with Gasteiger partial charge in [-0.25, -0.2) is 0 Å². The molecule has 0 unspecified atom stereocenters. The molecule has 1 aliphatic rings. The second kappa shape index (κ2) is 4.92. The molecule has 1 rings (SSSR count). The average molecular weight is 201 g/mol. The highest BCUT2D eigenvalue weighted by molar-refractivity contribution is 5.79. The first-order chi connectivity index (χ1) is 6.69. The van der Waals surface area contributed by atoms with Gasteiger partial charge in [-0.1, -0.05) is 0 Å². The first-order valence-corrected chi connectivity index (χ1v) is 4.55. The summed E-state index contributed by atoms with van der Waals surface area (Å²) in [6, 6.07) is 0. The predicted octanol–water partition coefficient (Wildman–Crippen LogP) is -2.39. The average Bonchev–Trinajstić information content (AvgIpc) is 2.27. The van der Waals surface area contributed by atoms with Crippen LogP contribution in [0.2, 0.25) is 0 Å². The van der Waals surface area contributed by atoms with Crippen LogP contribution in [0.15, 0.2) is 0 Å². The van der Waals surface area contributed by atoms with Crippen LogP contribution in [0.25, 0.3) is 0 Å². The van der Waals surface area contributed by atoms with Gasteiger partial charge < -0.3 is 20.6 Å². The fraction of sp³-hybridized carbons (Fsp3) is 0.750. The SMILES string of the molecule is NCC(=O)N1CCN(C(=O)CO)CC1. The lowest BCUT2D eigenvalue weighted by molar-refractivity contribution is -0.140. The predicted molar refractivity (Wildman–Crippen MR) is 49.3 cm³/mol. The molecule has 80 valence electrons. The molecular weight excluding hydrogens is 186 g/mol. The molecule has 0 aromatic rings. The van der Waals surface area contributed by atoms with Gasteiger partial charge in [-0.3, -0.25) is 9.59 Å². The minimum atomic E-state index is -0.467. The van der Waals surface area contributed by atoms with E-state index in [9.17, 15) is 9.59 Å². The third-order valence-corrected chi connectivity index (χ3v) is 2.29. The van der Waals surface area contributed by atoms with Crippen molar-refractivity contribution in [3.63, 3.8) is 0 Å². The summed E-state index contributed by atoms with van der Waals surface area (Å²) in [5, 5.41) is 8.62. The molecule has 2 amide bonds. The molecule has 1 saturated heterocycles. The smallest absolute Gasteiger partial charge is 0.248 e. The van der Waals surface area contributed by atoms with Crippen molar-refractivity contribution in [2.24, 2.45) is 5.73 Å². The zero-order valence-corrected chi connectivity index (χ0v) is 7.98. The van der Waals surface area contributed by atoms with Crippen LogP contribution in [-0.2, 0) is 9.59 Å². The molecule has 1 fully saturated rings. The maximum Gasteiger partial charge on any atom is 0.248 e. The lowest BCUT2D eigenvalue weighted by Crippen LogP contribution is -2.52. The molecule has 6 nitrogen and oxygen atoms in total. The molecule has 0 aliphatic carbocycles. The van der Waals surface area contributed by atoms with Gasteiger partial charge in [0.1, 0.15) is 6.61 Å². The van der Waals surface area contributed by atoms with E-state index in [2.05, 4.69) is 0 Å². The molecule has 0 saturated carbocycles. The van der Waals surface area contributed by atoms with Gasteiger partial charge in [-0.2, -0.15) is 0 Å². The minimum absolute atomic E-state index is 0.00788. The van der Waals surface area contributed by atoms with Gasteiger partial charge in [0.2, 0.25) is 11.8 Å². The number of nitrogens with two attached hydrogens (primary N) is 1. The molecule has 14 heavy (non-hydrogen) atoms. The normalized spacial score (nSPS) is 17.0. The first kappa shape index (κ1) is 10.9. The van der Waals surface area contributed by atoms with Crippen molar-refractivity contribution in [2.75, 3.05) is 39.3 Å². The highest BCUT2D eigenvalue weighted by Gasteiger charge is 2.22. The minimum Gasteiger partial charge on any atom is -0.387 e. The number of carbonyl (C=O) groups excluding carboxylic acids is 2. The Bertz CT molecular complexity index is 200. The number of hydrogen-bond acceptors (Lipinski definition) is 4. The second-order valence-electron chi connectivity index (χ2n) is 3.12. The van der Waals surface area contributed by atoms with Crippen LogP contribution < -0.4 is 5.73 Å². The van der Waals surface area contributed by atoms with Crippen molar-refractivity contribution in [1.82, 2.24) is 9.80 Å². The number of carbonyl (C=O) groups is 2.